The monoisotopic (exact) mass is 221 g/mol. The molecule has 0 radical (unpaired) electrons. The zero-order chi connectivity index (χ0) is 11.8. The molecule has 0 bridgehead atoms. The highest BCUT2D eigenvalue weighted by Gasteiger charge is 2.04. The Morgan fingerprint density at radius 1 is 1.38 bits per heavy atom. The zero-order valence-electron chi connectivity index (χ0n) is 9.95. The predicted octanol–water partition coefficient (Wildman–Crippen LogP) is 2.37. The normalized spacial score (nSPS) is 9.88. The van der Waals surface area contributed by atoms with Crippen LogP contribution in [0.2, 0.25) is 0 Å². The number of hydrogen-bond donors (Lipinski definition) is 1. The summed E-state index contributed by atoms with van der Waals surface area (Å²) in [5.74, 6) is 1.56. The third kappa shape index (κ3) is 3.59. The first kappa shape index (κ1) is 12.6. The Morgan fingerprint density at radius 3 is 2.81 bits per heavy atom. The minimum atomic E-state index is 0.628. The van der Waals surface area contributed by atoms with Crippen molar-refractivity contribution in [2.45, 2.75) is 13.0 Å². The SMILES string of the molecule is C=CCCOc1cc(CNC)ccc1OC. The second-order valence-corrected chi connectivity index (χ2v) is 3.44. The van der Waals surface area contributed by atoms with E-state index >= 15 is 0 Å². The average molecular weight is 221 g/mol. The molecule has 3 heteroatoms. The van der Waals surface area contributed by atoms with Crippen molar-refractivity contribution in [1.29, 1.82) is 0 Å². The summed E-state index contributed by atoms with van der Waals surface area (Å²) in [6.07, 6.45) is 2.67. The van der Waals surface area contributed by atoms with Gasteiger partial charge in [0, 0.05) is 6.54 Å². The molecule has 0 aliphatic rings. The summed E-state index contributed by atoms with van der Waals surface area (Å²) in [5, 5.41) is 3.10. The number of benzene rings is 1. The molecule has 0 aliphatic heterocycles. The number of rotatable bonds is 7. The lowest BCUT2D eigenvalue weighted by Crippen LogP contribution is -2.06. The van der Waals surface area contributed by atoms with E-state index in [0.717, 1.165) is 24.5 Å². The van der Waals surface area contributed by atoms with Gasteiger partial charge in [0.05, 0.1) is 13.7 Å². The van der Waals surface area contributed by atoms with E-state index in [-0.39, 0.29) is 0 Å². The summed E-state index contributed by atoms with van der Waals surface area (Å²) in [6, 6.07) is 5.95. The topological polar surface area (TPSA) is 30.5 Å². The lowest BCUT2D eigenvalue weighted by molar-refractivity contribution is 0.299. The van der Waals surface area contributed by atoms with E-state index in [1.54, 1.807) is 7.11 Å². The fraction of sp³-hybridized carbons (Fsp3) is 0.385. The van der Waals surface area contributed by atoms with Crippen molar-refractivity contribution in [3.05, 3.63) is 36.4 Å². The van der Waals surface area contributed by atoms with E-state index < -0.39 is 0 Å². The van der Waals surface area contributed by atoms with Crippen LogP contribution in [0.25, 0.3) is 0 Å². The maximum Gasteiger partial charge on any atom is 0.161 e. The van der Waals surface area contributed by atoms with E-state index in [1.807, 2.05) is 31.3 Å². The quantitative estimate of drug-likeness (QED) is 0.566. The van der Waals surface area contributed by atoms with Crippen LogP contribution in [0.3, 0.4) is 0 Å². The summed E-state index contributed by atoms with van der Waals surface area (Å²) >= 11 is 0. The van der Waals surface area contributed by atoms with Crippen LogP contribution < -0.4 is 14.8 Å². The second kappa shape index (κ2) is 6.90. The van der Waals surface area contributed by atoms with Crippen molar-refractivity contribution in [2.24, 2.45) is 0 Å². The van der Waals surface area contributed by atoms with Gasteiger partial charge in [-0.3, -0.25) is 0 Å². The zero-order valence-corrected chi connectivity index (χ0v) is 9.95. The maximum absolute atomic E-state index is 5.63. The smallest absolute Gasteiger partial charge is 0.161 e. The number of nitrogens with one attached hydrogen (secondary N) is 1. The average Bonchev–Trinajstić information content (AvgIpc) is 2.30. The van der Waals surface area contributed by atoms with Gasteiger partial charge in [-0.15, -0.1) is 6.58 Å². The van der Waals surface area contributed by atoms with Crippen molar-refractivity contribution < 1.29 is 9.47 Å². The molecule has 0 saturated heterocycles. The third-order valence-electron chi connectivity index (χ3n) is 2.19. The molecule has 0 amide bonds. The van der Waals surface area contributed by atoms with E-state index in [0.29, 0.717) is 6.61 Å². The van der Waals surface area contributed by atoms with Crippen molar-refractivity contribution >= 4 is 0 Å². The van der Waals surface area contributed by atoms with Crippen LogP contribution >= 0.6 is 0 Å². The van der Waals surface area contributed by atoms with Crippen LogP contribution in [0.15, 0.2) is 30.9 Å². The molecule has 1 aromatic rings. The molecule has 16 heavy (non-hydrogen) atoms. The molecular weight excluding hydrogens is 202 g/mol. The Labute approximate surface area is 97.1 Å². The van der Waals surface area contributed by atoms with E-state index in [4.69, 9.17) is 9.47 Å². The molecule has 1 N–H and O–H groups in total. The molecule has 0 atom stereocenters. The number of methoxy groups -OCH3 is 1. The molecule has 3 nitrogen and oxygen atoms in total. The first-order valence-corrected chi connectivity index (χ1v) is 5.37. The highest BCUT2D eigenvalue weighted by Crippen LogP contribution is 2.28. The van der Waals surface area contributed by atoms with Crippen molar-refractivity contribution in [2.75, 3.05) is 20.8 Å². The van der Waals surface area contributed by atoms with Gasteiger partial charge in [-0.05, 0) is 31.2 Å². The number of hydrogen-bond acceptors (Lipinski definition) is 3. The van der Waals surface area contributed by atoms with Gasteiger partial charge >= 0.3 is 0 Å². The van der Waals surface area contributed by atoms with Gasteiger partial charge in [-0.25, -0.2) is 0 Å². The van der Waals surface area contributed by atoms with E-state index in [9.17, 15) is 0 Å². The largest absolute Gasteiger partial charge is 0.493 e. The molecule has 1 aromatic carbocycles. The summed E-state index contributed by atoms with van der Waals surface area (Å²) < 4.78 is 10.9. The molecule has 0 heterocycles. The molecule has 1 rings (SSSR count). The molecule has 0 saturated carbocycles. The number of ether oxygens (including phenoxy) is 2. The lowest BCUT2D eigenvalue weighted by Gasteiger charge is -2.11. The van der Waals surface area contributed by atoms with Gasteiger partial charge in [-0.2, -0.15) is 0 Å². The first-order chi connectivity index (χ1) is 7.81. The van der Waals surface area contributed by atoms with Gasteiger partial charge in [-0.1, -0.05) is 12.1 Å². The Kier molecular flexibility index (Phi) is 5.43. The maximum atomic E-state index is 5.63. The molecular formula is C13H19NO2. The van der Waals surface area contributed by atoms with Crippen LogP contribution in [-0.2, 0) is 6.54 Å². The standard InChI is InChI=1S/C13H19NO2/c1-4-5-8-16-13-9-11(10-14-2)6-7-12(13)15-3/h4,6-7,9,14H,1,5,8,10H2,2-3H3. The Balaban J connectivity index is 2.75. The Morgan fingerprint density at radius 2 is 2.19 bits per heavy atom. The van der Waals surface area contributed by atoms with E-state index in [2.05, 4.69) is 11.9 Å². The lowest BCUT2D eigenvalue weighted by atomic mass is 10.2. The van der Waals surface area contributed by atoms with Gasteiger partial charge in [0.2, 0.25) is 0 Å². The van der Waals surface area contributed by atoms with Gasteiger partial charge in [0.1, 0.15) is 0 Å². The Hall–Kier alpha value is -1.48. The van der Waals surface area contributed by atoms with E-state index in [1.165, 1.54) is 5.56 Å². The summed E-state index contributed by atoms with van der Waals surface area (Å²) in [7, 11) is 3.57. The molecule has 0 aliphatic carbocycles. The highest BCUT2D eigenvalue weighted by molar-refractivity contribution is 5.42. The van der Waals surface area contributed by atoms with Crippen LogP contribution in [0.1, 0.15) is 12.0 Å². The second-order valence-electron chi connectivity index (χ2n) is 3.44. The van der Waals surface area contributed by atoms with Crippen LogP contribution in [-0.4, -0.2) is 20.8 Å². The molecule has 0 aromatic heterocycles. The summed E-state index contributed by atoms with van der Waals surface area (Å²) in [6.45, 7) is 5.11. The first-order valence-electron chi connectivity index (χ1n) is 5.37. The van der Waals surface area contributed by atoms with Crippen molar-refractivity contribution in [3.63, 3.8) is 0 Å². The van der Waals surface area contributed by atoms with Gasteiger partial charge < -0.3 is 14.8 Å². The van der Waals surface area contributed by atoms with Crippen molar-refractivity contribution in [3.8, 4) is 11.5 Å². The van der Waals surface area contributed by atoms with Crippen LogP contribution in [0.5, 0.6) is 11.5 Å². The van der Waals surface area contributed by atoms with Crippen molar-refractivity contribution in [1.82, 2.24) is 5.32 Å². The minimum absolute atomic E-state index is 0.628. The molecule has 88 valence electrons. The minimum Gasteiger partial charge on any atom is -0.493 e. The van der Waals surface area contributed by atoms with Crippen LogP contribution in [0, 0.1) is 0 Å². The molecule has 0 fully saturated rings. The molecule has 0 unspecified atom stereocenters. The fourth-order valence-corrected chi connectivity index (χ4v) is 1.40. The molecule has 0 spiro atoms. The van der Waals surface area contributed by atoms with Crippen LogP contribution in [0.4, 0.5) is 0 Å². The predicted molar refractivity (Wildman–Crippen MR) is 66.1 cm³/mol. The van der Waals surface area contributed by atoms with Gasteiger partial charge in [0.25, 0.3) is 0 Å². The Bertz CT molecular complexity index is 337. The highest BCUT2D eigenvalue weighted by atomic mass is 16.5. The van der Waals surface area contributed by atoms with Gasteiger partial charge in [0.15, 0.2) is 11.5 Å². The summed E-state index contributed by atoms with van der Waals surface area (Å²) in [4.78, 5) is 0. The third-order valence-corrected chi connectivity index (χ3v) is 2.19. The summed E-state index contributed by atoms with van der Waals surface area (Å²) in [5.41, 5.74) is 1.18. The fourth-order valence-electron chi connectivity index (χ4n) is 1.40.